The van der Waals surface area contributed by atoms with Crippen molar-refractivity contribution in [2.45, 2.75) is 45.1 Å². The van der Waals surface area contributed by atoms with Crippen molar-refractivity contribution < 1.29 is 0 Å². The Morgan fingerprint density at radius 3 is 2.50 bits per heavy atom. The molecule has 1 aliphatic carbocycles. The Hall–Kier alpha value is -1.08. The highest BCUT2D eigenvalue weighted by atomic mass is 14.6. The number of hydrogen-bond donors (Lipinski definition) is 1. The van der Waals surface area contributed by atoms with Crippen molar-refractivity contribution in [2.75, 3.05) is 0 Å². The predicted octanol–water partition coefficient (Wildman–Crippen LogP) is 3.23. The van der Waals surface area contributed by atoms with Gasteiger partial charge in [-0.15, -0.1) is 0 Å². The van der Waals surface area contributed by atoms with Gasteiger partial charge in [0.25, 0.3) is 0 Å². The Balaban J connectivity index is 2.03. The Labute approximate surface area is 98.4 Å². The molecule has 16 heavy (non-hydrogen) atoms. The molecule has 86 valence electrons. The zero-order valence-corrected chi connectivity index (χ0v) is 10.1. The van der Waals surface area contributed by atoms with E-state index in [4.69, 9.17) is 5.73 Å². The van der Waals surface area contributed by atoms with Gasteiger partial charge in [0, 0.05) is 6.04 Å². The molecule has 0 aromatic heterocycles. The lowest BCUT2D eigenvalue weighted by Gasteiger charge is -2.17. The first-order valence-corrected chi connectivity index (χ1v) is 6.31. The SMILES string of the molecule is CCc1ccc(CC2=CC(N)CCC2)cc1. The highest BCUT2D eigenvalue weighted by molar-refractivity contribution is 5.27. The first-order valence-electron chi connectivity index (χ1n) is 6.31. The summed E-state index contributed by atoms with van der Waals surface area (Å²) < 4.78 is 0. The van der Waals surface area contributed by atoms with E-state index in [1.165, 1.54) is 29.5 Å². The molecule has 1 heteroatoms. The molecule has 0 spiro atoms. The Bertz CT molecular complexity index is 362. The minimum Gasteiger partial charge on any atom is -0.324 e. The summed E-state index contributed by atoms with van der Waals surface area (Å²) >= 11 is 0. The Morgan fingerprint density at radius 2 is 1.88 bits per heavy atom. The van der Waals surface area contributed by atoms with Crippen molar-refractivity contribution >= 4 is 0 Å². The van der Waals surface area contributed by atoms with Gasteiger partial charge in [0.05, 0.1) is 0 Å². The molecule has 0 fully saturated rings. The van der Waals surface area contributed by atoms with E-state index >= 15 is 0 Å². The smallest absolute Gasteiger partial charge is 0.0226 e. The normalized spacial score (nSPS) is 20.6. The van der Waals surface area contributed by atoms with Gasteiger partial charge in [-0.3, -0.25) is 0 Å². The Morgan fingerprint density at radius 1 is 1.19 bits per heavy atom. The van der Waals surface area contributed by atoms with Gasteiger partial charge in [-0.25, -0.2) is 0 Å². The second-order valence-corrected chi connectivity index (χ2v) is 4.73. The molecule has 2 rings (SSSR count). The molecule has 1 aromatic rings. The fraction of sp³-hybridized carbons (Fsp3) is 0.467. The van der Waals surface area contributed by atoms with E-state index in [1.54, 1.807) is 0 Å². The summed E-state index contributed by atoms with van der Waals surface area (Å²) in [6, 6.07) is 9.26. The molecular weight excluding hydrogens is 194 g/mol. The summed E-state index contributed by atoms with van der Waals surface area (Å²) in [7, 11) is 0. The quantitative estimate of drug-likeness (QED) is 0.770. The lowest BCUT2D eigenvalue weighted by Crippen LogP contribution is -2.20. The molecule has 0 amide bonds. The van der Waals surface area contributed by atoms with Gasteiger partial charge in [0.2, 0.25) is 0 Å². The van der Waals surface area contributed by atoms with Crippen LogP contribution in [0.5, 0.6) is 0 Å². The summed E-state index contributed by atoms with van der Waals surface area (Å²) in [6.07, 6.45) is 8.09. The third kappa shape index (κ3) is 2.96. The largest absolute Gasteiger partial charge is 0.324 e. The maximum absolute atomic E-state index is 5.95. The highest BCUT2D eigenvalue weighted by Gasteiger charge is 2.09. The maximum atomic E-state index is 5.95. The average Bonchev–Trinajstić information content (AvgIpc) is 2.30. The van der Waals surface area contributed by atoms with E-state index in [0.29, 0.717) is 6.04 Å². The first kappa shape index (κ1) is 11.4. The van der Waals surface area contributed by atoms with Gasteiger partial charge >= 0.3 is 0 Å². The van der Waals surface area contributed by atoms with E-state index < -0.39 is 0 Å². The van der Waals surface area contributed by atoms with Crippen LogP contribution in [0.2, 0.25) is 0 Å². The van der Waals surface area contributed by atoms with Crippen molar-refractivity contribution in [1.82, 2.24) is 0 Å². The maximum Gasteiger partial charge on any atom is 0.0226 e. The molecule has 1 unspecified atom stereocenters. The van der Waals surface area contributed by atoms with Gasteiger partial charge in [0.15, 0.2) is 0 Å². The minimum absolute atomic E-state index is 0.290. The second kappa shape index (κ2) is 5.31. The van der Waals surface area contributed by atoms with Gasteiger partial charge in [0.1, 0.15) is 0 Å². The van der Waals surface area contributed by atoms with Crippen LogP contribution in [0.1, 0.15) is 37.3 Å². The van der Waals surface area contributed by atoms with Crippen LogP contribution < -0.4 is 5.73 Å². The van der Waals surface area contributed by atoms with Crippen LogP contribution >= 0.6 is 0 Å². The lowest BCUT2D eigenvalue weighted by molar-refractivity contribution is 0.617. The van der Waals surface area contributed by atoms with Gasteiger partial charge in [-0.1, -0.05) is 42.8 Å². The van der Waals surface area contributed by atoms with Crippen molar-refractivity contribution in [3.63, 3.8) is 0 Å². The van der Waals surface area contributed by atoms with Crippen LogP contribution in [-0.4, -0.2) is 6.04 Å². The summed E-state index contributed by atoms with van der Waals surface area (Å²) in [6.45, 7) is 2.19. The fourth-order valence-electron chi connectivity index (χ4n) is 2.34. The fourth-order valence-corrected chi connectivity index (χ4v) is 2.34. The van der Waals surface area contributed by atoms with Crippen LogP contribution in [0.25, 0.3) is 0 Å². The van der Waals surface area contributed by atoms with Crippen molar-refractivity contribution in [2.24, 2.45) is 5.73 Å². The minimum atomic E-state index is 0.290. The van der Waals surface area contributed by atoms with Gasteiger partial charge in [-0.05, 0) is 43.2 Å². The summed E-state index contributed by atoms with van der Waals surface area (Å²) in [4.78, 5) is 0. The molecule has 1 atom stereocenters. The van der Waals surface area contributed by atoms with E-state index in [9.17, 15) is 0 Å². The summed E-state index contributed by atoms with van der Waals surface area (Å²) in [5.74, 6) is 0. The van der Waals surface area contributed by atoms with Crippen molar-refractivity contribution in [3.05, 3.63) is 47.0 Å². The number of nitrogens with two attached hydrogens (primary N) is 1. The van der Waals surface area contributed by atoms with Crippen LogP contribution in [-0.2, 0) is 12.8 Å². The molecule has 0 bridgehead atoms. The molecule has 0 saturated heterocycles. The summed E-state index contributed by atoms with van der Waals surface area (Å²) in [5.41, 5.74) is 10.3. The molecule has 0 radical (unpaired) electrons. The third-order valence-electron chi connectivity index (χ3n) is 3.35. The number of hydrogen-bond acceptors (Lipinski definition) is 1. The number of aryl methyl sites for hydroxylation is 1. The first-order chi connectivity index (χ1) is 7.78. The number of allylic oxidation sites excluding steroid dienone is 1. The predicted molar refractivity (Wildman–Crippen MR) is 69.4 cm³/mol. The molecule has 0 aliphatic heterocycles. The molecule has 1 aromatic carbocycles. The molecule has 0 heterocycles. The number of rotatable bonds is 3. The average molecular weight is 215 g/mol. The second-order valence-electron chi connectivity index (χ2n) is 4.73. The molecule has 1 nitrogen and oxygen atoms in total. The van der Waals surface area contributed by atoms with Crippen LogP contribution in [0.15, 0.2) is 35.9 Å². The summed E-state index contributed by atoms with van der Waals surface area (Å²) in [5, 5.41) is 0. The monoisotopic (exact) mass is 215 g/mol. The Kier molecular flexibility index (Phi) is 3.79. The molecule has 0 saturated carbocycles. The molecule has 1 aliphatic rings. The van der Waals surface area contributed by atoms with Gasteiger partial charge < -0.3 is 5.73 Å². The third-order valence-corrected chi connectivity index (χ3v) is 3.35. The molecular formula is C15H21N. The van der Waals surface area contributed by atoms with E-state index in [2.05, 4.69) is 37.3 Å². The topological polar surface area (TPSA) is 26.0 Å². The van der Waals surface area contributed by atoms with Crippen molar-refractivity contribution in [3.8, 4) is 0 Å². The standard InChI is InChI=1S/C15H21N/c1-2-12-6-8-13(9-7-12)10-14-4-3-5-15(16)11-14/h6-9,11,15H,2-5,10,16H2,1H3. The van der Waals surface area contributed by atoms with Crippen LogP contribution in [0, 0.1) is 0 Å². The zero-order chi connectivity index (χ0) is 11.4. The molecule has 2 N–H and O–H groups in total. The van der Waals surface area contributed by atoms with Crippen molar-refractivity contribution in [1.29, 1.82) is 0 Å². The highest BCUT2D eigenvalue weighted by Crippen LogP contribution is 2.21. The number of benzene rings is 1. The van der Waals surface area contributed by atoms with E-state index in [-0.39, 0.29) is 0 Å². The van der Waals surface area contributed by atoms with E-state index in [0.717, 1.165) is 19.3 Å². The van der Waals surface area contributed by atoms with E-state index in [1.807, 2.05) is 0 Å². The van der Waals surface area contributed by atoms with Crippen LogP contribution in [0.4, 0.5) is 0 Å². The zero-order valence-electron chi connectivity index (χ0n) is 10.1. The van der Waals surface area contributed by atoms with Crippen LogP contribution in [0.3, 0.4) is 0 Å². The lowest BCUT2D eigenvalue weighted by atomic mass is 9.91. The van der Waals surface area contributed by atoms with Gasteiger partial charge in [-0.2, -0.15) is 0 Å².